The molecule has 0 saturated heterocycles. The first kappa shape index (κ1) is 21.2. The number of hydrogen-bond acceptors (Lipinski definition) is 6. The van der Waals surface area contributed by atoms with Gasteiger partial charge in [0.25, 0.3) is 5.91 Å². The number of hydrogen-bond donors (Lipinski definition) is 0. The van der Waals surface area contributed by atoms with Crippen LogP contribution in [-0.4, -0.2) is 32.1 Å². The first-order valence-corrected chi connectivity index (χ1v) is 8.74. The Labute approximate surface area is 169 Å². The third-order valence-electron chi connectivity index (χ3n) is 3.91. The largest absolute Gasteiger partial charge is 0.497 e. The molecule has 0 aliphatic heterocycles. The van der Waals surface area contributed by atoms with E-state index in [0.717, 1.165) is 0 Å². The van der Waals surface area contributed by atoms with Gasteiger partial charge in [0.2, 0.25) is 0 Å². The lowest BCUT2D eigenvalue weighted by Gasteiger charge is -2.21. The van der Waals surface area contributed by atoms with E-state index >= 15 is 0 Å². The van der Waals surface area contributed by atoms with Crippen LogP contribution in [0.5, 0.6) is 5.75 Å². The van der Waals surface area contributed by atoms with Gasteiger partial charge in [0.1, 0.15) is 17.4 Å². The molecule has 0 saturated carbocycles. The minimum atomic E-state index is -0.898. The number of amides is 1. The SMILES string of the molecule is COc1ccc(/C=C(\C#N)C(=O)OCC(=O)N(CCC#N)c2ccccc2)cc1. The van der Waals surface area contributed by atoms with Gasteiger partial charge in [0.15, 0.2) is 6.61 Å². The summed E-state index contributed by atoms with van der Waals surface area (Å²) in [6, 6.07) is 19.3. The Kier molecular flexibility index (Phi) is 7.97. The Balaban J connectivity index is 2.06. The zero-order chi connectivity index (χ0) is 21.1. The molecule has 2 rings (SSSR count). The maximum absolute atomic E-state index is 12.5. The lowest BCUT2D eigenvalue weighted by Crippen LogP contribution is -2.35. The van der Waals surface area contributed by atoms with Crippen molar-refractivity contribution < 1.29 is 19.1 Å². The van der Waals surface area contributed by atoms with Gasteiger partial charge in [-0.1, -0.05) is 30.3 Å². The van der Waals surface area contributed by atoms with Crippen molar-refractivity contribution in [2.45, 2.75) is 6.42 Å². The number of ether oxygens (including phenoxy) is 2. The summed E-state index contributed by atoms with van der Waals surface area (Å²) in [6.07, 6.45) is 1.51. The van der Waals surface area contributed by atoms with E-state index in [-0.39, 0.29) is 18.5 Å². The second-order valence-corrected chi connectivity index (χ2v) is 5.81. The molecule has 0 atom stereocenters. The van der Waals surface area contributed by atoms with Crippen LogP contribution < -0.4 is 9.64 Å². The van der Waals surface area contributed by atoms with Gasteiger partial charge in [0.05, 0.1) is 19.6 Å². The highest BCUT2D eigenvalue weighted by molar-refractivity contribution is 6.00. The summed E-state index contributed by atoms with van der Waals surface area (Å²) < 4.78 is 10.1. The second-order valence-electron chi connectivity index (χ2n) is 5.81. The zero-order valence-corrected chi connectivity index (χ0v) is 15.9. The van der Waals surface area contributed by atoms with Gasteiger partial charge in [-0.15, -0.1) is 0 Å². The van der Waals surface area contributed by atoms with E-state index in [1.54, 1.807) is 60.7 Å². The van der Waals surface area contributed by atoms with Crippen molar-refractivity contribution in [1.82, 2.24) is 0 Å². The van der Waals surface area contributed by atoms with Crippen molar-refractivity contribution >= 4 is 23.6 Å². The molecule has 0 heterocycles. The van der Waals surface area contributed by atoms with Crippen LogP contribution in [0.2, 0.25) is 0 Å². The minimum absolute atomic E-state index is 0.134. The summed E-state index contributed by atoms with van der Waals surface area (Å²) >= 11 is 0. The second kappa shape index (κ2) is 10.9. The summed E-state index contributed by atoms with van der Waals surface area (Å²) in [5, 5.41) is 18.1. The Morgan fingerprint density at radius 2 is 1.76 bits per heavy atom. The summed E-state index contributed by atoms with van der Waals surface area (Å²) in [5.41, 5.74) is 0.981. The molecule has 0 aliphatic rings. The van der Waals surface area contributed by atoms with E-state index < -0.39 is 18.5 Å². The fraction of sp³-hybridized carbons (Fsp3) is 0.182. The van der Waals surface area contributed by atoms with E-state index in [1.807, 2.05) is 6.07 Å². The number of anilines is 1. The van der Waals surface area contributed by atoms with Gasteiger partial charge < -0.3 is 14.4 Å². The van der Waals surface area contributed by atoms with E-state index in [2.05, 4.69) is 0 Å². The average molecular weight is 389 g/mol. The molecule has 7 nitrogen and oxygen atoms in total. The standard InChI is InChI=1S/C22H19N3O4/c1-28-20-10-8-17(9-11-20)14-18(15-24)22(27)29-16-21(26)25(13-5-12-23)19-6-3-2-4-7-19/h2-4,6-11,14H,5,13,16H2,1H3/b18-14+. The van der Waals surface area contributed by atoms with Crippen LogP contribution in [0.3, 0.4) is 0 Å². The smallest absolute Gasteiger partial charge is 0.349 e. The molecule has 2 aromatic carbocycles. The van der Waals surface area contributed by atoms with Crippen LogP contribution in [-0.2, 0) is 14.3 Å². The van der Waals surface area contributed by atoms with Gasteiger partial charge in [-0.05, 0) is 35.9 Å². The predicted octanol–water partition coefficient (Wildman–Crippen LogP) is 3.09. The predicted molar refractivity (Wildman–Crippen MR) is 107 cm³/mol. The monoisotopic (exact) mass is 389 g/mol. The van der Waals surface area contributed by atoms with Crippen LogP contribution >= 0.6 is 0 Å². The normalized spacial score (nSPS) is 10.4. The number of nitriles is 2. The molecule has 1 amide bonds. The molecule has 0 aliphatic carbocycles. The number of carbonyl (C=O) groups is 2. The average Bonchev–Trinajstić information content (AvgIpc) is 2.77. The Bertz CT molecular complexity index is 954. The van der Waals surface area contributed by atoms with Crippen LogP contribution in [0.1, 0.15) is 12.0 Å². The van der Waals surface area contributed by atoms with Gasteiger partial charge in [-0.25, -0.2) is 4.79 Å². The van der Waals surface area contributed by atoms with Gasteiger partial charge in [-0.2, -0.15) is 10.5 Å². The molecule has 7 heteroatoms. The number of rotatable bonds is 8. The zero-order valence-electron chi connectivity index (χ0n) is 15.9. The molecule has 0 aromatic heterocycles. The lowest BCUT2D eigenvalue weighted by molar-refractivity contribution is -0.143. The van der Waals surface area contributed by atoms with Gasteiger partial charge in [-0.3, -0.25) is 4.79 Å². The number of methoxy groups -OCH3 is 1. The van der Waals surface area contributed by atoms with Crippen LogP contribution in [0.25, 0.3) is 6.08 Å². The van der Waals surface area contributed by atoms with Gasteiger partial charge >= 0.3 is 5.97 Å². The third-order valence-corrected chi connectivity index (χ3v) is 3.91. The third kappa shape index (κ3) is 6.23. The molecule has 146 valence electrons. The summed E-state index contributed by atoms with van der Waals surface area (Å²) in [4.78, 5) is 26.1. The molecule has 0 spiro atoms. The van der Waals surface area contributed by atoms with E-state index in [0.29, 0.717) is 17.0 Å². The summed E-state index contributed by atoms with van der Waals surface area (Å²) in [7, 11) is 1.54. The molecule has 29 heavy (non-hydrogen) atoms. The maximum Gasteiger partial charge on any atom is 0.349 e. The first-order valence-electron chi connectivity index (χ1n) is 8.74. The van der Waals surface area contributed by atoms with E-state index in [4.69, 9.17) is 14.7 Å². The summed E-state index contributed by atoms with van der Waals surface area (Å²) in [5.74, 6) is -0.737. The van der Waals surface area contributed by atoms with Crippen molar-refractivity contribution in [3.05, 3.63) is 65.7 Å². The van der Waals surface area contributed by atoms with Gasteiger partial charge in [0, 0.05) is 12.2 Å². The fourth-order valence-corrected chi connectivity index (χ4v) is 2.45. The minimum Gasteiger partial charge on any atom is -0.497 e. The number of carbonyl (C=O) groups excluding carboxylic acids is 2. The summed E-state index contributed by atoms with van der Waals surface area (Å²) in [6.45, 7) is -0.371. The molecule has 2 aromatic rings. The highest BCUT2D eigenvalue weighted by Crippen LogP contribution is 2.16. The molecule has 0 bridgehead atoms. The number of para-hydroxylation sites is 1. The van der Waals surface area contributed by atoms with Crippen LogP contribution in [0, 0.1) is 22.7 Å². The molecular weight excluding hydrogens is 370 g/mol. The topological polar surface area (TPSA) is 103 Å². The molecule has 0 unspecified atom stereocenters. The Morgan fingerprint density at radius 1 is 1.07 bits per heavy atom. The van der Waals surface area contributed by atoms with Crippen LogP contribution in [0.15, 0.2) is 60.2 Å². The molecule has 0 N–H and O–H groups in total. The fourth-order valence-electron chi connectivity index (χ4n) is 2.45. The molecule has 0 radical (unpaired) electrons. The van der Waals surface area contributed by atoms with Crippen molar-refractivity contribution in [2.75, 3.05) is 25.2 Å². The molecular formula is C22H19N3O4. The van der Waals surface area contributed by atoms with E-state index in [9.17, 15) is 14.9 Å². The number of benzene rings is 2. The quantitative estimate of drug-likeness (QED) is 0.390. The first-order chi connectivity index (χ1) is 14.1. The number of nitrogens with zero attached hydrogens (tertiary/aromatic N) is 3. The van der Waals surface area contributed by atoms with Crippen molar-refractivity contribution in [2.24, 2.45) is 0 Å². The van der Waals surface area contributed by atoms with E-state index in [1.165, 1.54) is 18.1 Å². The van der Waals surface area contributed by atoms with Crippen molar-refractivity contribution in [1.29, 1.82) is 10.5 Å². The highest BCUT2D eigenvalue weighted by atomic mass is 16.5. The van der Waals surface area contributed by atoms with Crippen molar-refractivity contribution in [3.63, 3.8) is 0 Å². The Hall–Kier alpha value is -4.10. The maximum atomic E-state index is 12.5. The van der Waals surface area contributed by atoms with Crippen LogP contribution in [0.4, 0.5) is 5.69 Å². The van der Waals surface area contributed by atoms with Crippen molar-refractivity contribution in [3.8, 4) is 17.9 Å². The highest BCUT2D eigenvalue weighted by Gasteiger charge is 2.19. The Morgan fingerprint density at radius 3 is 2.34 bits per heavy atom. The molecule has 0 fully saturated rings. The lowest BCUT2D eigenvalue weighted by atomic mass is 10.1. The number of esters is 1.